The number of anilines is 1. The summed E-state index contributed by atoms with van der Waals surface area (Å²) in [7, 11) is 0. The fraction of sp³-hybridized carbons (Fsp3) is 0.370. The van der Waals surface area contributed by atoms with E-state index in [4.69, 9.17) is 16.3 Å². The molecule has 1 aromatic heterocycles. The van der Waals surface area contributed by atoms with Gasteiger partial charge in [0, 0.05) is 12.2 Å². The van der Waals surface area contributed by atoms with Gasteiger partial charge < -0.3 is 19.9 Å². The number of nitrogens with zero attached hydrogens (tertiary/aromatic N) is 3. The van der Waals surface area contributed by atoms with E-state index in [1.54, 1.807) is 48.5 Å². The third-order valence-corrected chi connectivity index (χ3v) is 6.86. The Hall–Kier alpha value is -3.37. The highest BCUT2D eigenvalue weighted by atomic mass is 35.5. The van der Waals surface area contributed by atoms with Crippen molar-refractivity contribution >= 4 is 46.8 Å². The molecular formula is C27H32ClN5O4S. The number of hydrogen-bond donors (Lipinski definition) is 2. The van der Waals surface area contributed by atoms with Crippen molar-refractivity contribution in [3.05, 3.63) is 70.5 Å². The first-order chi connectivity index (χ1) is 18.2. The summed E-state index contributed by atoms with van der Waals surface area (Å²) in [4.78, 5) is 37.7. The minimum absolute atomic E-state index is 0.0216. The van der Waals surface area contributed by atoms with Crippen LogP contribution in [0.5, 0.6) is 0 Å². The minimum Gasteiger partial charge on any atom is -0.462 e. The van der Waals surface area contributed by atoms with Crippen LogP contribution in [0.25, 0.3) is 0 Å². The summed E-state index contributed by atoms with van der Waals surface area (Å²) in [6.07, 6.45) is 0.731. The van der Waals surface area contributed by atoms with Gasteiger partial charge in [-0.1, -0.05) is 62.3 Å². The van der Waals surface area contributed by atoms with Crippen LogP contribution in [0.15, 0.2) is 53.7 Å². The van der Waals surface area contributed by atoms with E-state index in [2.05, 4.69) is 20.8 Å². The van der Waals surface area contributed by atoms with Gasteiger partial charge in [0.15, 0.2) is 11.0 Å². The SMILES string of the molecule is CCCOC(=O)c1cccc(NC(=O)CSc2nnc([C@@H](NC(=O)c3ccccc3Cl)C(C)C)n2CC)c1. The number of nitrogens with one attached hydrogen (secondary N) is 2. The van der Waals surface area contributed by atoms with Crippen LogP contribution in [0.4, 0.5) is 5.69 Å². The van der Waals surface area contributed by atoms with Crippen molar-refractivity contribution in [3.8, 4) is 0 Å². The van der Waals surface area contributed by atoms with Crippen molar-refractivity contribution in [1.29, 1.82) is 0 Å². The number of carbonyl (C=O) groups is 3. The summed E-state index contributed by atoms with van der Waals surface area (Å²) >= 11 is 7.45. The van der Waals surface area contributed by atoms with E-state index < -0.39 is 12.0 Å². The molecule has 1 heterocycles. The molecule has 0 radical (unpaired) electrons. The lowest BCUT2D eigenvalue weighted by Gasteiger charge is -2.22. The van der Waals surface area contributed by atoms with Crippen LogP contribution < -0.4 is 10.6 Å². The molecule has 0 fully saturated rings. The predicted octanol–water partition coefficient (Wildman–Crippen LogP) is 5.38. The lowest BCUT2D eigenvalue weighted by molar-refractivity contribution is -0.113. The van der Waals surface area contributed by atoms with Gasteiger partial charge in [0.2, 0.25) is 5.91 Å². The summed E-state index contributed by atoms with van der Waals surface area (Å²) in [6.45, 7) is 8.74. The topological polar surface area (TPSA) is 115 Å². The number of esters is 1. The van der Waals surface area contributed by atoms with Crippen molar-refractivity contribution in [2.75, 3.05) is 17.7 Å². The number of ether oxygens (including phenoxy) is 1. The highest BCUT2D eigenvalue weighted by molar-refractivity contribution is 7.99. The van der Waals surface area contributed by atoms with E-state index in [1.165, 1.54) is 11.8 Å². The first-order valence-electron chi connectivity index (χ1n) is 12.4. The first kappa shape index (κ1) is 29.2. The Kier molecular flexibility index (Phi) is 10.7. The van der Waals surface area contributed by atoms with Crippen molar-refractivity contribution in [2.45, 2.75) is 51.9 Å². The maximum atomic E-state index is 12.9. The number of rotatable bonds is 12. The smallest absolute Gasteiger partial charge is 0.338 e. The van der Waals surface area contributed by atoms with Crippen LogP contribution in [0.3, 0.4) is 0 Å². The summed E-state index contributed by atoms with van der Waals surface area (Å²) in [5.41, 5.74) is 1.26. The largest absolute Gasteiger partial charge is 0.462 e. The average molecular weight is 558 g/mol. The molecule has 38 heavy (non-hydrogen) atoms. The molecule has 11 heteroatoms. The Bertz CT molecular complexity index is 1280. The number of halogens is 1. The molecule has 9 nitrogen and oxygen atoms in total. The van der Waals surface area contributed by atoms with Gasteiger partial charge >= 0.3 is 5.97 Å². The highest BCUT2D eigenvalue weighted by Gasteiger charge is 2.27. The monoisotopic (exact) mass is 557 g/mol. The van der Waals surface area contributed by atoms with Crippen LogP contribution in [0.2, 0.25) is 5.02 Å². The maximum absolute atomic E-state index is 12.9. The Morgan fingerprint density at radius 3 is 2.53 bits per heavy atom. The number of hydrogen-bond acceptors (Lipinski definition) is 7. The van der Waals surface area contributed by atoms with Gasteiger partial charge in [0.25, 0.3) is 5.91 Å². The van der Waals surface area contributed by atoms with Crippen molar-refractivity contribution < 1.29 is 19.1 Å². The summed E-state index contributed by atoms with van der Waals surface area (Å²) in [6, 6.07) is 13.1. The fourth-order valence-corrected chi connectivity index (χ4v) is 4.69. The highest BCUT2D eigenvalue weighted by Crippen LogP contribution is 2.26. The molecule has 0 bridgehead atoms. The zero-order chi connectivity index (χ0) is 27.7. The van der Waals surface area contributed by atoms with Gasteiger partial charge in [-0.25, -0.2) is 4.79 Å². The molecule has 0 saturated carbocycles. The number of amides is 2. The maximum Gasteiger partial charge on any atom is 0.338 e. The predicted molar refractivity (Wildman–Crippen MR) is 149 cm³/mol. The Morgan fingerprint density at radius 2 is 1.84 bits per heavy atom. The molecule has 2 aromatic carbocycles. The summed E-state index contributed by atoms with van der Waals surface area (Å²) < 4.78 is 7.04. The van der Waals surface area contributed by atoms with Crippen LogP contribution in [0, 0.1) is 5.92 Å². The standard InChI is InChI=1S/C27H32ClN5O4S/c1-5-14-37-26(36)18-10-9-11-19(15-18)29-22(34)16-38-27-32-31-24(33(27)6-2)23(17(3)4)30-25(35)20-12-7-8-13-21(20)28/h7-13,15,17,23H,5-6,14,16H2,1-4H3,(H,29,34)(H,30,35)/t23-/m0/s1. The molecule has 0 saturated heterocycles. The van der Waals surface area contributed by atoms with Crippen LogP contribution in [-0.4, -0.2) is 44.9 Å². The zero-order valence-electron chi connectivity index (χ0n) is 21.9. The van der Waals surface area contributed by atoms with Gasteiger partial charge in [-0.15, -0.1) is 10.2 Å². The molecule has 2 amide bonds. The normalized spacial score (nSPS) is 11.7. The van der Waals surface area contributed by atoms with E-state index in [0.29, 0.717) is 46.0 Å². The van der Waals surface area contributed by atoms with Gasteiger partial charge in [-0.2, -0.15) is 0 Å². The molecule has 3 rings (SSSR count). The summed E-state index contributed by atoms with van der Waals surface area (Å²) in [5, 5.41) is 15.4. The third kappa shape index (κ3) is 7.58. The van der Waals surface area contributed by atoms with Crippen LogP contribution in [0.1, 0.15) is 66.7 Å². The van der Waals surface area contributed by atoms with E-state index in [9.17, 15) is 14.4 Å². The summed E-state index contributed by atoms with van der Waals surface area (Å²) in [5.74, 6) is -0.274. The number of carbonyl (C=O) groups excluding carboxylic acids is 3. The molecule has 1 atom stereocenters. The molecule has 0 aliphatic rings. The molecule has 0 unspecified atom stereocenters. The van der Waals surface area contributed by atoms with Crippen molar-refractivity contribution in [2.24, 2.45) is 5.92 Å². The second kappa shape index (κ2) is 14.0. The zero-order valence-corrected chi connectivity index (χ0v) is 23.4. The molecule has 202 valence electrons. The van der Waals surface area contributed by atoms with Gasteiger partial charge in [-0.3, -0.25) is 9.59 Å². The number of benzene rings is 2. The molecule has 0 aliphatic carbocycles. The van der Waals surface area contributed by atoms with Crippen molar-refractivity contribution in [1.82, 2.24) is 20.1 Å². The first-order valence-corrected chi connectivity index (χ1v) is 13.8. The molecule has 0 spiro atoms. The Labute approximate surface area is 231 Å². The van der Waals surface area contributed by atoms with Crippen LogP contribution in [-0.2, 0) is 16.1 Å². The van der Waals surface area contributed by atoms with E-state index in [0.717, 1.165) is 6.42 Å². The number of aromatic nitrogens is 3. The molecule has 3 aromatic rings. The van der Waals surface area contributed by atoms with Gasteiger partial charge in [-0.05, 0) is 49.6 Å². The average Bonchev–Trinajstić information content (AvgIpc) is 3.31. The Balaban J connectivity index is 1.67. The van der Waals surface area contributed by atoms with Gasteiger partial charge in [0.05, 0.1) is 34.6 Å². The molecular weight excluding hydrogens is 526 g/mol. The quantitative estimate of drug-likeness (QED) is 0.227. The third-order valence-electron chi connectivity index (χ3n) is 5.56. The van der Waals surface area contributed by atoms with Crippen LogP contribution >= 0.6 is 23.4 Å². The number of thioether (sulfide) groups is 1. The van der Waals surface area contributed by atoms with Gasteiger partial charge in [0.1, 0.15) is 0 Å². The lowest BCUT2D eigenvalue weighted by Crippen LogP contribution is -2.34. The van der Waals surface area contributed by atoms with E-state index in [-0.39, 0.29) is 23.5 Å². The molecule has 0 aliphatic heterocycles. The lowest BCUT2D eigenvalue weighted by atomic mass is 10.0. The second-order valence-corrected chi connectivity index (χ2v) is 10.2. The van der Waals surface area contributed by atoms with E-state index in [1.807, 2.05) is 32.3 Å². The fourth-order valence-electron chi connectivity index (χ4n) is 3.66. The Morgan fingerprint density at radius 1 is 1.08 bits per heavy atom. The second-order valence-electron chi connectivity index (χ2n) is 8.81. The minimum atomic E-state index is -0.428. The molecule has 2 N–H and O–H groups in total. The van der Waals surface area contributed by atoms with Crippen molar-refractivity contribution in [3.63, 3.8) is 0 Å². The van der Waals surface area contributed by atoms with E-state index >= 15 is 0 Å².